The predicted molar refractivity (Wildman–Crippen MR) is 125 cm³/mol. The maximum atomic E-state index is 13.7. The number of fused-ring (bicyclic) bond motifs is 1. The molecule has 0 saturated carbocycles. The van der Waals surface area contributed by atoms with Crippen LogP contribution in [0, 0.1) is 6.92 Å². The van der Waals surface area contributed by atoms with E-state index >= 15 is 0 Å². The number of hydrogen-bond acceptors (Lipinski definition) is 5. The monoisotopic (exact) mass is 480 g/mol. The van der Waals surface area contributed by atoms with Crippen LogP contribution in [-0.4, -0.2) is 57.2 Å². The molecule has 5 rings (SSSR count). The van der Waals surface area contributed by atoms with Crippen LogP contribution < -0.4 is 5.32 Å². The van der Waals surface area contributed by atoms with Gasteiger partial charge in [0, 0.05) is 54.1 Å². The van der Waals surface area contributed by atoms with Gasteiger partial charge in [0.1, 0.15) is 5.69 Å². The molecule has 1 aliphatic rings. The van der Waals surface area contributed by atoms with Crippen LogP contribution in [-0.2, 0) is 6.18 Å². The Balaban J connectivity index is 1.44. The second-order valence-electron chi connectivity index (χ2n) is 8.87. The van der Waals surface area contributed by atoms with Crippen molar-refractivity contribution in [2.24, 2.45) is 0 Å². The third-order valence-electron chi connectivity index (χ3n) is 6.33. The van der Waals surface area contributed by atoms with Crippen molar-refractivity contribution in [2.75, 3.05) is 20.1 Å². The summed E-state index contributed by atoms with van der Waals surface area (Å²) in [4.78, 5) is 23.7. The fourth-order valence-electron chi connectivity index (χ4n) is 4.73. The van der Waals surface area contributed by atoms with Gasteiger partial charge in [-0.3, -0.25) is 14.9 Å². The molecule has 1 aromatic carbocycles. The number of aryl methyl sites for hydroxylation is 1. The predicted octanol–water partition coefficient (Wildman–Crippen LogP) is 4.17. The molecule has 180 valence electrons. The van der Waals surface area contributed by atoms with Gasteiger partial charge in [-0.15, -0.1) is 0 Å². The summed E-state index contributed by atoms with van der Waals surface area (Å²) in [6.07, 6.45) is -1.34. The number of carbonyl (C=O) groups is 1. The van der Waals surface area contributed by atoms with Gasteiger partial charge in [0.2, 0.25) is 0 Å². The molecule has 0 aliphatic carbocycles. The molecule has 7 nitrogen and oxygen atoms in total. The smallest absolute Gasteiger partial charge is 0.347 e. The Labute approximate surface area is 199 Å². The van der Waals surface area contributed by atoms with Crippen LogP contribution in [0.5, 0.6) is 0 Å². The third kappa shape index (κ3) is 4.49. The Hall–Kier alpha value is -3.79. The van der Waals surface area contributed by atoms with Crippen LogP contribution >= 0.6 is 0 Å². The van der Waals surface area contributed by atoms with Crippen molar-refractivity contribution in [1.29, 1.82) is 0 Å². The largest absolute Gasteiger partial charge is 0.416 e. The number of hydrogen-bond donors (Lipinski definition) is 2. The first-order valence-corrected chi connectivity index (χ1v) is 11.1. The van der Waals surface area contributed by atoms with Gasteiger partial charge in [0.25, 0.3) is 5.91 Å². The number of aromatic nitrogens is 4. The molecule has 1 aliphatic heterocycles. The number of alkyl halides is 3. The average molecular weight is 480 g/mol. The highest BCUT2D eigenvalue weighted by atomic mass is 19.4. The van der Waals surface area contributed by atoms with E-state index in [4.69, 9.17) is 0 Å². The van der Waals surface area contributed by atoms with Crippen LogP contribution in [0.2, 0.25) is 0 Å². The lowest BCUT2D eigenvalue weighted by molar-refractivity contribution is -0.138. The van der Waals surface area contributed by atoms with E-state index in [2.05, 4.69) is 25.5 Å². The number of nitrogens with one attached hydrogen (secondary N) is 2. The van der Waals surface area contributed by atoms with Gasteiger partial charge in [-0.2, -0.15) is 18.3 Å². The van der Waals surface area contributed by atoms with E-state index in [0.717, 1.165) is 17.3 Å². The van der Waals surface area contributed by atoms with Crippen molar-refractivity contribution in [3.63, 3.8) is 0 Å². The minimum atomic E-state index is -4.47. The number of likely N-dealkylation sites (tertiary alicyclic amines) is 1. The van der Waals surface area contributed by atoms with Gasteiger partial charge in [-0.05, 0) is 43.8 Å². The van der Waals surface area contributed by atoms with Crippen LogP contribution in [0.15, 0.2) is 54.9 Å². The molecule has 0 spiro atoms. The van der Waals surface area contributed by atoms with Gasteiger partial charge in [-0.1, -0.05) is 18.2 Å². The van der Waals surface area contributed by atoms with E-state index in [0.29, 0.717) is 35.4 Å². The Kier molecular flexibility index (Phi) is 5.76. The summed E-state index contributed by atoms with van der Waals surface area (Å²) in [7, 11) is 1.83. The summed E-state index contributed by atoms with van der Waals surface area (Å²) in [5, 5.41) is 10.8. The highest BCUT2D eigenvalue weighted by Gasteiger charge is 2.40. The van der Waals surface area contributed by atoms with Crippen molar-refractivity contribution >= 4 is 16.9 Å². The molecule has 0 bridgehead atoms. The summed E-state index contributed by atoms with van der Waals surface area (Å²) in [5.74, 6) is -0.894. The zero-order chi connectivity index (χ0) is 24.7. The summed E-state index contributed by atoms with van der Waals surface area (Å²) in [5.41, 5.74) is 2.67. The van der Waals surface area contributed by atoms with E-state index < -0.39 is 29.6 Å². The maximum Gasteiger partial charge on any atom is 0.416 e. The molecule has 2 unspecified atom stereocenters. The normalized spacial score (nSPS) is 18.8. The number of nitrogens with zero attached hydrogens (tertiary/aromatic N) is 4. The number of benzene rings is 1. The molecular formula is C25H23F3N6O. The van der Waals surface area contributed by atoms with Crippen molar-refractivity contribution in [3.05, 3.63) is 77.2 Å². The van der Waals surface area contributed by atoms with Crippen molar-refractivity contribution in [2.45, 2.75) is 25.1 Å². The zero-order valence-electron chi connectivity index (χ0n) is 19.1. The Morgan fingerprint density at radius 1 is 1.14 bits per heavy atom. The molecule has 1 saturated heterocycles. The van der Waals surface area contributed by atoms with Gasteiger partial charge < -0.3 is 10.2 Å². The van der Waals surface area contributed by atoms with Gasteiger partial charge in [-0.25, -0.2) is 4.98 Å². The van der Waals surface area contributed by atoms with E-state index in [1.165, 1.54) is 18.3 Å². The van der Waals surface area contributed by atoms with Crippen LogP contribution in [0.3, 0.4) is 0 Å². The fourth-order valence-corrected chi connectivity index (χ4v) is 4.73. The molecule has 2 atom stereocenters. The molecule has 10 heteroatoms. The maximum absolute atomic E-state index is 13.7. The summed E-state index contributed by atoms with van der Waals surface area (Å²) >= 11 is 0. The minimum absolute atomic E-state index is 0.188. The lowest BCUT2D eigenvalue weighted by Crippen LogP contribution is -2.40. The number of aromatic amines is 1. The molecule has 2 N–H and O–H groups in total. The lowest BCUT2D eigenvalue weighted by atomic mass is 9.90. The Morgan fingerprint density at radius 2 is 1.94 bits per heavy atom. The molecule has 1 amide bonds. The quantitative estimate of drug-likeness (QED) is 0.458. The van der Waals surface area contributed by atoms with Gasteiger partial charge in [0.15, 0.2) is 5.65 Å². The van der Waals surface area contributed by atoms with E-state index in [1.54, 1.807) is 18.3 Å². The van der Waals surface area contributed by atoms with Crippen molar-refractivity contribution < 1.29 is 18.0 Å². The van der Waals surface area contributed by atoms with Gasteiger partial charge in [0.05, 0.1) is 11.1 Å². The lowest BCUT2D eigenvalue weighted by Gasteiger charge is -2.23. The first-order valence-electron chi connectivity index (χ1n) is 11.1. The summed E-state index contributed by atoms with van der Waals surface area (Å²) in [6.45, 7) is 2.72. The van der Waals surface area contributed by atoms with Crippen LogP contribution in [0.4, 0.5) is 13.2 Å². The first-order chi connectivity index (χ1) is 16.7. The standard InChI is InChI=1S/C25H23F3N6O/c1-14-9-15(7-8-29-14)22-18-10-16(11-30-23(18)33-32-22)24(35)31-21-13-34(2)12-19(21)17-5-3-4-6-20(17)25(26,27)28/h3-11,19,21H,12-13H2,1-2H3,(H,31,35)(H,30,32,33). The number of amides is 1. The second kappa shape index (κ2) is 8.77. The van der Waals surface area contributed by atoms with E-state index in [9.17, 15) is 18.0 Å². The second-order valence-corrected chi connectivity index (χ2v) is 8.87. The minimum Gasteiger partial charge on any atom is -0.347 e. The van der Waals surface area contributed by atoms with Crippen molar-refractivity contribution in [3.8, 4) is 11.3 Å². The number of carbonyl (C=O) groups excluding carboxylic acids is 1. The average Bonchev–Trinajstić information content (AvgIpc) is 3.41. The van der Waals surface area contributed by atoms with E-state index in [-0.39, 0.29) is 5.56 Å². The summed E-state index contributed by atoms with van der Waals surface area (Å²) < 4.78 is 41.0. The third-order valence-corrected chi connectivity index (χ3v) is 6.33. The van der Waals surface area contributed by atoms with Crippen LogP contribution in [0.1, 0.15) is 33.1 Å². The summed E-state index contributed by atoms with van der Waals surface area (Å²) in [6, 6.07) is 10.5. The molecule has 4 aromatic rings. The fraction of sp³-hybridized carbons (Fsp3) is 0.280. The Bertz CT molecular complexity index is 1400. The molecule has 1 fully saturated rings. The number of likely N-dealkylation sites (N-methyl/N-ethyl adjacent to an activating group) is 1. The van der Waals surface area contributed by atoms with Crippen LogP contribution in [0.25, 0.3) is 22.3 Å². The zero-order valence-corrected chi connectivity index (χ0v) is 19.1. The molecule has 0 radical (unpaired) electrons. The van der Waals surface area contributed by atoms with E-state index in [1.807, 2.05) is 31.0 Å². The molecule has 3 aromatic heterocycles. The highest BCUT2D eigenvalue weighted by Crippen LogP contribution is 2.38. The topological polar surface area (TPSA) is 86.8 Å². The molecular weight excluding hydrogens is 457 g/mol. The number of pyridine rings is 2. The van der Waals surface area contributed by atoms with Crippen molar-refractivity contribution in [1.82, 2.24) is 30.4 Å². The Morgan fingerprint density at radius 3 is 2.71 bits per heavy atom. The first kappa shape index (κ1) is 23.0. The number of halogens is 3. The highest BCUT2D eigenvalue weighted by molar-refractivity contribution is 6.00. The number of H-pyrrole nitrogens is 1. The SMILES string of the molecule is Cc1cc(-c2n[nH]c3ncc(C(=O)NC4CN(C)CC4c4ccccc4C(F)(F)F)cc23)ccn1. The van der Waals surface area contributed by atoms with Gasteiger partial charge >= 0.3 is 6.18 Å². The molecule has 35 heavy (non-hydrogen) atoms. The number of rotatable bonds is 4. The molecule has 4 heterocycles.